The first-order valence-electron chi connectivity index (χ1n) is 8.95. The third-order valence-corrected chi connectivity index (χ3v) is 5.00. The molecule has 3 aromatic heterocycles. The van der Waals surface area contributed by atoms with E-state index in [1.165, 1.54) is 10.9 Å². The molecule has 0 unspecified atom stereocenters. The summed E-state index contributed by atoms with van der Waals surface area (Å²) in [5, 5.41) is 18.1. The Morgan fingerprint density at radius 2 is 2.03 bits per heavy atom. The number of hydrogen-bond acceptors (Lipinski definition) is 5. The second-order valence-electron chi connectivity index (χ2n) is 6.83. The van der Waals surface area contributed by atoms with Gasteiger partial charge in [0.15, 0.2) is 0 Å². The molecule has 2 aromatic carbocycles. The van der Waals surface area contributed by atoms with Crippen molar-refractivity contribution in [1.29, 1.82) is 0 Å². The summed E-state index contributed by atoms with van der Waals surface area (Å²) >= 11 is 0. The first kappa shape index (κ1) is 18.0. The van der Waals surface area contributed by atoms with Crippen LogP contribution < -0.4 is 5.32 Å². The molecule has 150 valence electrons. The van der Waals surface area contributed by atoms with Gasteiger partial charge in [-0.1, -0.05) is 5.16 Å². The predicted octanol–water partition coefficient (Wildman–Crippen LogP) is 3.94. The second kappa shape index (κ2) is 6.48. The van der Waals surface area contributed by atoms with Crippen molar-refractivity contribution in [3.8, 4) is 11.3 Å². The molecule has 3 heterocycles. The highest BCUT2D eigenvalue weighted by Gasteiger charge is 2.23. The highest BCUT2D eigenvalue weighted by atomic mass is 19.1. The highest BCUT2D eigenvalue weighted by molar-refractivity contribution is 6.08. The molecule has 0 bridgehead atoms. The van der Waals surface area contributed by atoms with Crippen LogP contribution in [0.15, 0.2) is 41.2 Å². The molecule has 0 saturated carbocycles. The fourth-order valence-electron chi connectivity index (χ4n) is 3.44. The van der Waals surface area contributed by atoms with Crippen LogP contribution in [0.4, 0.5) is 14.5 Å². The van der Waals surface area contributed by atoms with Gasteiger partial charge in [-0.3, -0.25) is 14.6 Å². The molecule has 0 fully saturated rings. The van der Waals surface area contributed by atoms with E-state index in [-0.39, 0.29) is 10.9 Å². The van der Waals surface area contributed by atoms with Crippen molar-refractivity contribution in [2.24, 2.45) is 7.05 Å². The lowest BCUT2D eigenvalue weighted by atomic mass is 10.1. The van der Waals surface area contributed by atoms with Gasteiger partial charge in [0.2, 0.25) is 0 Å². The highest BCUT2D eigenvalue weighted by Crippen LogP contribution is 2.31. The standard InChI is InChI=1S/C20H14F2N6O2/c1-9-12(8-24-30-9)19-11-5-10(3-4-15(11)26-27-19)25-20(29)17-14(21)6-16-13(18(17)22)7-23-28(16)2/h3-8H,1-2H3,(H,25,29)(H,26,27). The summed E-state index contributed by atoms with van der Waals surface area (Å²) in [4.78, 5) is 12.7. The van der Waals surface area contributed by atoms with Gasteiger partial charge in [0.25, 0.3) is 5.91 Å². The minimum absolute atomic E-state index is 0.0690. The van der Waals surface area contributed by atoms with E-state index in [0.29, 0.717) is 28.1 Å². The van der Waals surface area contributed by atoms with Crippen molar-refractivity contribution >= 4 is 33.4 Å². The Labute approximate surface area is 167 Å². The van der Waals surface area contributed by atoms with E-state index in [9.17, 15) is 13.6 Å². The molecule has 0 saturated heterocycles. The van der Waals surface area contributed by atoms with Gasteiger partial charge in [-0.15, -0.1) is 0 Å². The van der Waals surface area contributed by atoms with E-state index in [0.717, 1.165) is 11.6 Å². The molecule has 0 aliphatic rings. The third kappa shape index (κ3) is 2.65. The molecule has 0 aliphatic carbocycles. The van der Waals surface area contributed by atoms with Crippen LogP contribution in [0, 0.1) is 18.6 Å². The van der Waals surface area contributed by atoms with Crippen LogP contribution in [-0.2, 0) is 7.05 Å². The number of halogens is 2. The number of hydrogen-bond donors (Lipinski definition) is 2. The lowest BCUT2D eigenvalue weighted by Gasteiger charge is -2.09. The van der Waals surface area contributed by atoms with E-state index in [2.05, 4.69) is 25.8 Å². The Balaban J connectivity index is 1.54. The Bertz CT molecular complexity index is 1450. The molecule has 5 aromatic rings. The predicted molar refractivity (Wildman–Crippen MR) is 105 cm³/mol. The second-order valence-corrected chi connectivity index (χ2v) is 6.83. The number of fused-ring (bicyclic) bond motifs is 2. The fraction of sp³-hybridized carbons (Fsp3) is 0.100. The Hall–Kier alpha value is -4.08. The average molecular weight is 408 g/mol. The van der Waals surface area contributed by atoms with Gasteiger partial charge in [0.1, 0.15) is 28.7 Å². The lowest BCUT2D eigenvalue weighted by Crippen LogP contribution is -2.16. The zero-order valence-corrected chi connectivity index (χ0v) is 15.8. The van der Waals surface area contributed by atoms with Crippen molar-refractivity contribution in [3.63, 3.8) is 0 Å². The molecular formula is C20H14F2N6O2. The number of aromatic nitrogens is 5. The average Bonchev–Trinajstić information content (AvgIpc) is 3.41. The molecule has 30 heavy (non-hydrogen) atoms. The summed E-state index contributed by atoms with van der Waals surface area (Å²) in [6.07, 6.45) is 2.80. The number of rotatable bonds is 3. The normalized spacial score (nSPS) is 11.5. The van der Waals surface area contributed by atoms with Crippen LogP contribution >= 0.6 is 0 Å². The Morgan fingerprint density at radius 3 is 2.80 bits per heavy atom. The smallest absolute Gasteiger partial charge is 0.261 e. The van der Waals surface area contributed by atoms with Crippen LogP contribution in [0.1, 0.15) is 16.1 Å². The van der Waals surface area contributed by atoms with Gasteiger partial charge in [0, 0.05) is 24.2 Å². The van der Waals surface area contributed by atoms with Crippen molar-refractivity contribution in [3.05, 3.63) is 59.6 Å². The molecule has 0 spiro atoms. The maximum absolute atomic E-state index is 14.8. The van der Waals surface area contributed by atoms with Crippen molar-refractivity contribution < 1.29 is 18.1 Å². The summed E-state index contributed by atoms with van der Waals surface area (Å²) in [6, 6.07) is 6.08. The first-order chi connectivity index (χ1) is 14.4. The van der Waals surface area contributed by atoms with Gasteiger partial charge >= 0.3 is 0 Å². The molecule has 0 aliphatic heterocycles. The Morgan fingerprint density at radius 1 is 1.20 bits per heavy atom. The summed E-state index contributed by atoms with van der Waals surface area (Å²) < 4.78 is 35.7. The van der Waals surface area contributed by atoms with E-state index >= 15 is 0 Å². The SMILES string of the molecule is Cc1oncc1-c1n[nH]c2ccc(NC(=O)c3c(F)cc4c(cnn4C)c3F)cc12. The number of benzene rings is 2. The van der Waals surface area contributed by atoms with Crippen LogP contribution in [0.3, 0.4) is 0 Å². The number of carbonyl (C=O) groups excluding carboxylic acids is 1. The van der Waals surface area contributed by atoms with E-state index in [1.54, 1.807) is 38.4 Å². The summed E-state index contributed by atoms with van der Waals surface area (Å²) in [6.45, 7) is 1.76. The molecule has 2 N–H and O–H groups in total. The topological polar surface area (TPSA) is 102 Å². The number of nitrogens with zero attached hydrogens (tertiary/aromatic N) is 4. The molecule has 5 rings (SSSR count). The van der Waals surface area contributed by atoms with Crippen molar-refractivity contribution in [1.82, 2.24) is 25.1 Å². The lowest BCUT2D eigenvalue weighted by molar-refractivity contribution is 0.101. The van der Waals surface area contributed by atoms with Gasteiger partial charge in [-0.05, 0) is 25.1 Å². The number of aryl methyl sites for hydroxylation is 2. The minimum Gasteiger partial charge on any atom is -0.361 e. The summed E-state index contributed by atoms with van der Waals surface area (Å²) in [7, 11) is 1.57. The maximum atomic E-state index is 14.8. The quantitative estimate of drug-likeness (QED) is 0.471. The van der Waals surface area contributed by atoms with E-state index in [4.69, 9.17) is 4.52 Å². The van der Waals surface area contributed by atoms with Gasteiger partial charge in [0.05, 0.1) is 34.4 Å². The Kier molecular flexibility index (Phi) is 3.88. The zero-order chi connectivity index (χ0) is 21.0. The van der Waals surface area contributed by atoms with E-state index < -0.39 is 23.1 Å². The van der Waals surface area contributed by atoms with Crippen LogP contribution in [0.2, 0.25) is 0 Å². The molecule has 0 atom stereocenters. The van der Waals surface area contributed by atoms with Crippen LogP contribution in [-0.4, -0.2) is 31.0 Å². The van der Waals surface area contributed by atoms with E-state index in [1.807, 2.05) is 0 Å². The van der Waals surface area contributed by atoms with Crippen molar-refractivity contribution in [2.45, 2.75) is 6.92 Å². The number of H-pyrrole nitrogens is 1. The number of nitrogens with one attached hydrogen (secondary N) is 2. The summed E-state index contributed by atoms with van der Waals surface area (Å²) in [5.74, 6) is -2.24. The monoisotopic (exact) mass is 408 g/mol. The largest absolute Gasteiger partial charge is 0.361 e. The van der Waals surface area contributed by atoms with Gasteiger partial charge < -0.3 is 9.84 Å². The van der Waals surface area contributed by atoms with Gasteiger partial charge in [-0.25, -0.2) is 8.78 Å². The molecule has 10 heteroatoms. The third-order valence-electron chi connectivity index (χ3n) is 5.00. The number of amides is 1. The van der Waals surface area contributed by atoms with Crippen LogP contribution in [0.25, 0.3) is 33.1 Å². The first-order valence-corrected chi connectivity index (χ1v) is 8.95. The maximum Gasteiger partial charge on any atom is 0.261 e. The fourth-order valence-corrected chi connectivity index (χ4v) is 3.44. The molecule has 0 radical (unpaired) electrons. The summed E-state index contributed by atoms with van der Waals surface area (Å²) in [5.41, 5.74) is 1.96. The number of anilines is 1. The molecule has 8 nitrogen and oxygen atoms in total. The molecule has 1 amide bonds. The van der Waals surface area contributed by atoms with Crippen molar-refractivity contribution in [2.75, 3.05) is 5.32 Å². The van der Waals surface area contributed by atoms with Crippen LogP contribution in [0.5, 0.6) is 0 Å². The number of aromatic amines is 1. The zero-order valence-electron chi connectivity index (χ0n) is 15.8. The van der Waals surface area contributed by atoms with Gasteiger partial charge in [-0.2, -0.15) is 10.2 Å². The number of carbonyl (C=O) groups is 1. The molecular weight excluding hydrogens is 394 g/mol. The minimum atomic E-state index is -0.966.